The molecule has 98 valence electrons. The average molecular weight is 252 g/mol. The van der Waals surface area contributed by atoms with Crippen LogP contribution >= 0.6 is 0 Å². The Balaban J connectivity index is 2.22. The number of carbonyl (C=O) groups is 1. The normalized spacial score (nSPS) is 15.9. The van der Waals surface area contributed by atoms with Gasteiger partial charge in [-0.1, -0.05) is 0 Å². The van der Waals surface area contributed by atoms with Gasteiger partial charge in [-0.15, -0.1) is 0 Å². The van der Waals surface area contributed by atoms with Gasteiger partial charge in [0.15, 0.2) is 0 Å². The predicted molar refractivity (Wildman–Crippen MR) is 65.8 cm³/mol. The van der Waals surface area contributed by atoms with E-state index in [0.717, 1.165) is 0 Å². The maximum absolute atomic E-state index is 11.3. The molecule has 0 bridgehead atoms. The lowest BCUT2D eigenvalue weighted by Gasteiger charge is -2.19. The molecule has 0 spiro atoms. The Morgan fingerprint density at radius 2 is 2.17 bits per heavy atom. The Labute approximate surface area is 105 Å². The van der Waals surface area contributed by atoms with Crippen molar-refractivity contribution in [2.45, 2.75) is 6.42 Å². The second-order valence-corrected chi connectivity index (χ2v) is 3.78. The third kappa shape index (κ3) is 2.76. The van der Waals surface area contributed by atoms with Gasteiger partial charge in [0.1, 0.15) is 0 Å². The molecule has 8 heteroatoms. The van der Waals surface area contributed by atoms with E-state index < -0.39 is 0 Å². The van der Waals surface area contributed by atoms with Gasteiger partial charge >= 0.3 is 6.01 Å². The summed E-state index contributed by atoms with van der Waals surface area (Å²) in [6.45, 7) is 1.84. The first kappa shape index (κ1) is 12.3. The maximum Gasteiger partial charge on any atom is 0.322 e. The second-order valence-electron chi connectivity index (χ2n) is 3.78. The SMILES string of the molecule is CNc1nc(OC)nc(N2CCNC(=O)CC2)n1. The van der Waals surface area contributed by atoms with Gasteiger partial charge in [-0.25, -0.2) is 0 Å². The fraction of sp³-hybridized carbons (Fsp3) is 0.600. The number of amides is 1. The van der Waals surface area contributed by atoms with E-state index in [0.29, 0.717) is 38.0 Å². The Kier molecular flexibility index (Phi) is 3.75. The summed E-state index contributed by atoms with van der Waals surface area (Å²) >= 11 is 0. The Bertz CT molecular complexity index is 416. The smallest absolute Gasteiger partial charge is 0.322 e. The number of nitrogens with one attached hydrogen (secondary N) is 2. The molecule has 2 N–H and O–H groups in total. The number of nitrogens with zero attached hydrogens (tertiary/aromatic N) is 4. The maximum atomic E-state index is 11.3. The van der Waals surface area contributed by atoms with E-state index in [1.54, 1.807) is 7.05 Å². The van der Waals surface area contributed by atoms with Gasteiger partial charge in [0.25, 0.3) is 0 Å². The average Bonchev–Trinajstić information content (AvgIpc) is 2.63. The van der Waals surface area contributed by atoms with E-state index in [9.17, 15) is 4.79 Å². The summed E-state index contributed by atoms with van der Waals surface area (Å²) in [6, 6.07) is 0.257. The fourth-order valence-corrected chi connectivity index (χ4v) is 1.66. The number of rotatable bonds is 3. The molecule has 2 heterocycles. The van der Waals surface area contributed by atoms with Crippen LogP contribution in [0.5, 0.6) is 6.01 Å². The van der Waals surface area contributed by atoms with Crippen LogP contribution in [-0.2, 0) is 4.79 Å². The van der Waals surface area contributed by atoms with E-state index in [1.807, 2.05) is 4.90 Å². The Morgan fingerprint density at radius 1 is 1.33 bits per heavy atom. The van der Waals surface area contributed by atoms with Crippen LogP contribution in [0.3, 0.4) is 0 Å². The quantitative estimate of drug-likeness (QED) is 0.731. The van der Waals surface area contributed by atoms with Gasteiger partial charge in [-0.05, 0) is 0 Å². The summed E-state index contributed by atoms with van der Waals surface area (Å²) in [5, 5.41) is 5.66. The molecule has 0 radical (unpaired) electrons. The molecule has 2 rings (SSSR count). The molecule has 1 amide bonds. The predicted octanol–water partition coefficient (Wildman–Crippen LogP) is -0.752. The highest BCUT2D eigenvalue weighted by molar-refractivity contribution is 5.77. The van der Waals surface area contributed by atoms with Crippen LogP contribution in [0, 0.1) is 0 Å². The molecule has 0 saturated carbocycles. The Morgan fingerprint density at radius 3 is 2.89 bits per heavy atom. The number of anilines is 2. The lowest BCUT2D eigenvalue weighted by Crippen LogP contribution is -2.30. The topological polar surface area (TPSA) is 92.3 Å². The minimum Gasteiger partial charge on any atom is -0.467 e. The number of hydrogen-bond donors (Lipinski definition) is 2. The lowest BCUT2D eigenvalue weighted by molar-refractivity contribution is -0.120. The van der Waals surface area contributed by atoms with Crippen LogP contribution < -0.4 is 20.3 Å². The van der Waals surface area contributed by atoms with Gasteiger partial charge in [0, 0.05) is 33.1 Å². The summed E-state index contributed by atoms with van der Waals surface area (Å²) in [6.07, 6.45) is 0.433. The molecule has 0 aromatic carbocycles. The molecule has 0 unspecified atom stereocenters. The van der Waals surface area contributed by atoms with Gasteiger partial charge < -0.3 is 20.3 Å². The highest BCUT2D eigenvalue weighted by atomic mass is 16.5. The van der Waals surface area contributed by atoms with E-state index in [2.05, 4.69) is 25.6 Å². The molecule has 8 nitrogen and oxygen atoms in total. The first-order valence-corrected chi connectivity index (χ1v) is 5.72. The number of aromatic nitrogens is 3. The largest absolute Gasteiger partial charge is 0.467 e. The van der Waals surface area contributed by atoms with Crippen molar-refractivity contribution >= 4 is 17.8 Å². The van der Waals surface area contributed by atoms with E-state index in [1.165, 1.54) is 7.11 Å². The third-order valence-corrected chi connectivity index (χ3v) is 2.60. The number of carbonyl (C=O) groups excluding carboxylic acids is 1. The molecular weight excluding hydrogens is 236 g/mol. The molecule has 18 heavy (non-hydrogen) atoms. The number of ether oxygens (including phenoxy) is 1. The summed E-state index contributed by atoms with van der Waals surface area (Å²) < 4.78 is 5.03. The zero-order valence-corrected chi connectivity index (χ0v) is 10.4. The summed E-state index contributed by atoms with van der Waals surface area (Å²) in [4.78, 5) is 25.7. The zero-order valence-electron chi connectivity index (χ0n) is 10.4. The monoisotopic (exact) mass is 252 g/mol. The minimum atomic E-state index is 0.0485. The molecule has 1 aromatic heterocycles. The van der Waals surface area contributed by atoms with Gasteiger partial charge in [-0.3, -0.25) is 4.79 Å². The van der Waals surface area contributed by atoms with Crippen molar-refractivity contribution in [2.75, 3.05) is 44.0 Å². The van der Waals surface area contributed by atoms with Crippen LogP contribution in [0.4, 0.5) is 11.9 Å². The molecule has 1 saturated heterocycles. The first-order valence-electron chi connectivity index (χ1n) is 5.72. The van der Waals surface area contributed by atoms with Gasteiger partial charge in [-0.2, -0.15) is 15.0 Å². The van der Waals surface area contributed by atoms with Crippen molar-refractivity contribution in [3.63, 3.8) is 0 Å². The molecule has 0 aliphatic carbocycles. The molecule has 1 aliphatic heterocycles. The molecule has 0 atom stereocenters. The van der Waals surface area contributed by atoms with E-state index in [4.69, 9.17) is 4.74 Å². The first-order chi connectivity index (χ1) is 8.72. The molecule has 1 fully saturated rings. The second kappa shape index (κ2) is 5.48. The zero-order chi connectivity index (χ0) is 13.0. The highest BCUT2D eigenvalue weighted by Gasteiger charge is 2.17. The van der Waals surface area contributed by atoms with Crippen molar-refractivity contribution in [1.29, 1.82) is 0 Å². The van der Waals surface area contributed by atoms with Crippen molar-refractivity contribution in [1.82, 2.24) is 20.3 Å². The molecule has 1 aliphatic rings. The summed E-state index contributed by atoms with van der Waals surface area (Å²) in [5.74, 6) is 1.01. The van der Waals surface area contributed by atoms with Crippen LogP contribution in [0.1, 0.15) is 6.42 Å². The van der Waals surface area contributed by atoms with Gasteiger partial charge in [0.05, 0.1) is 7.11 Å². The molecule has 1 aromatic rings. The number of methoxy groups -OCH3 is 1. The van der Waals surface area contributed by atoms with Crippen molar-refractivity contribution in [3.05, 3.63) is 0 Å². The summed E-state index contributed by atoms with van der Waals surface area (Å²) in [5.41, 5.74) is 0. The van der Waals surface area contributed by atoms with Crippen LogP contribution in [-0.4, -0.2) is 54.7 Å². The highest BCUT2D eigenvalue weighted by Crippen LogP contribution is 2.15. The lowest BCUT2D eigenvalue weighted by atomic mass is 10.4. The standard InChI is InChI=1S/C10H16N6O2/c1-11-8-13-9(15-10(14-8)18-2)16-5-3-7(17)12-4-6-16/h3-6H2,1-2H3,(H,12,17)(H,11,13,14,15). The Hall–Kier alpha value is -2.12. The van der Waals surface area contributed by atoms with Crippen molar-refractivity contribution in [2.24, 2.45) is 0 Å². The summed E-state index contributed by atoms with van der Waals surface area (Å²) in [7, 11) is 3.23. The van der Waals surface area contributed by atoms with Crippen LogP contribution in [0.2, 0.25) is 0 Å². The third-order valence-electron chi connectivity index (χ3n) is 2.60. The van der Waals surface area contributed by atoms with E-state index in [-0.39, 0.29) is 11.9 Å². The minimum absolute atomic E-state index is 0.0485. The van der Waals surface area contributed by atoms with Crippen LogP contribution in [0.25, 0.3) is 0 Å². The van der Waals surface area contributed by atoms with Crippen molar-refractivity contribution in [3.8, 4) is 6.01 Å². The van der Waals surface area contributed by atoms with Gasteiger partial charge in [0.2, 0.25) is 17.8 Å². The fourth-order valence-electron chi connectivity index (χ4n) is 1.66. The van der Waals surface area contributed by atoms with E-state index >= 15 is 0 Å². The van der Waals surface area contributed by atoms with Crippen LogP contribution in [0.15, 0.2) is 0 Å². The molecular formula is C10H16N6O2. The van der Waals surface area contributed by atoms with Crippen molar-refractivity contribution < 1.29 is 9.53 Å². The number of hydrogen-bond acceptors (Lipinski definition) is 7.